The molecule has 2 atom stereocenters. The molecule has 11 heteroatoms. The zero-order valence-corrected chi connectivity index (χ0v) is 22.3. The summed E-state index contributed by atoms with van der Waals surface area (Å²) in [5.74, 6) is -0.534. The van der Waals surface area contributed by atoms with Crippen LogP contribution < -0.4 is 5.32 Å². The summed E-state index contributed by atoms with van der Waals surface area (Å²) < 4.78 is 16.6. The number of halogens is 2. The second-order valence-electron chi connectivity index (χ2n) is 9.21. The third kappa shape index (κ3) is 5.19. The minimum atomic E-state index is -1.32. The fraction of sp³-hybridized carbons (Fsp3) is 0.259. The first-order valence-corrected chi connectivity index (χ1v) is 12.8. The first-order valence-electron chi connectivity index (χ1n) is 12.0. The lowest BCUT2D eigenvalue weighted by molar-refractivity contribution is -0.137. The molecule has 9 nitrogen and oxygen atoms in total. The fourth-order valence-electron chi connectivity index (χ4n) is 4.60. The zero-order valence-electron chi connectivity index (χ0n) is 20.7. The molecule has 3 heterocycles. The second-order valence-corrected chi connectivity index (χ2v) is 10.1. The Bertz CT molecular complexity index is 1550. The number of anilines is 1. The van der Waals surface area contributed by atoms with Gasteiger partial charge < -0.3 is 10.2 Å². The summed E-state index contributed by atoms with van der Waals surface area (Å²) in [6.07, 6.45) is 1.99. The lowest BCUT2D eigenvalue weighted by atomic mass is 10.0. The van der Waals surface area contributed by atoms with E-state index >= 15 is 0 Å². The van der Waals surface area contributed by atoms with Crippen LogP contribution in [0, 0.1) is 6.92 Å². The molecule has 1 aliphatic rings. The van der Waals surface area contributed by atoms with Gasteiger partial charge in [-0.15, -0.1) is 0 Å². The normalized spacial score (nSPS) is 17.1. The van der Waals surface area contributed by atoms with Crippen molar-refractivity contribution in [2.24, 2.45) is 0 Å². The summed E-state index contributed by atoms with van der Waals surface area (Å²) in [5, 5.41) is 7.75. The molecule has 0 aliphatic carbocycles. The highest BCUT2D eigenvalue weighted by Gasteiger charge is 2.40. The number of amides is 2. The first kappa shape index (κ1) is 25.7. The van der Waals surface area contributed by atoms with Crippen LogP contribution in [0.5, 0.6) is 0 Å². The van der Waals surface area contributed by atoms with Crippen molar-refractivity contribution in [1.29, 1.82) is 0 Å². The third-order valence-electron chi connectivity index (χ3n) is 6.45. The molecule has 0 bridgehead atoms. The Balaban J connectivity index is 1.41. The summed E-state index contributed by atoms with van der Waals surface area (Å²) in [6, 6.07) is 11.5. The predicted molar refractivity (Wildman–Crippen MR) is 143 cm³/mol. The molecule has 38 heavy (non-hydrogen) atoms. The molecule has 1 N–H and O–H groups in total. The van der Waals surface area contributed by atoms with Gasteiger partial charge in [-0.3, -0.25) is 19.1 Å². The summed E-state index contributed by atoms with van der Waals surface area (Å²) in [4.78, 5) is 48.4. The number of ketones is 1. The van der Waals surface area contributed by atoms with E-state index in [2.05, 4.69) is 36.3 Å². The topological polar surface area (TPSA) is 110 Å². The van der Waals surface area contributed by atoms with Gasteiger partial charge in [-0.25, -0.2) is 14.4 Å². The SMILES string of the molecule is CC(=O)c1nn(CC(=O)N2C[C@H](F)C[C@H]2C(=O)Nc2cccc(Br)c2)c2ccc(-c3cnc(C)nc3)cc12. The highest BCUT2D eigenvalue weighted by molar-refractivity contribution is 9.10. The molecule has 0 spiro atoms. The Kier molecular flexibility index (Phi) is 7.02. The quantitative estimate of drug-likeness (QED) is 0.341. The van der Waals surface area contributed by atoms with Crippen LogP contribution in [0.2, 0.25) is 0 Å². The van der Waals surface area contributed by atoms with E-state index < -0.39 is 24.0 Å². The smallest absolute Gasteiger partial charge is 0.247 e. The van der Waals surface area contributed by atoms with Gasteiger partial charge in [0.2, 0.25) is 11.8 Å². The van der Waals surface area contributed by atoms with Gasteiger partial charge in [0.05, 0.1) is 12.1 Å². The molecular formula is C27H24BrFN6O3. The van der Waals surface area contributed by atoms with Crippen molar-refractivity contribution >= 4 is 50.1 Å². The van der Waals surface area contributed by atoms with E-state index in [-0.39, 0.29) is 31.0 Å². The maximum Gasteiger partial charge on any atom is 0.247 e. The largest absolute Gasteiger partial charge is 0.326 e. The van der Waals surface area contributed by atoms with Crippen molar-refractivity contribution < 1.29 is 18.8 Å². The molecular weight excluding hydrogens is 555 g/mol. The Morgan fingerprint density at radius 2 is 1.87 bits per heavy atom. The van der Waals surface area contributed by atoms with Crippen molar-refractivity contribution in [3.63, 3.8) is 0 Å². The fourth-order valence-corrected chi connectivity index (χ4v) is 5.00. The Hall–Kier alpha value is -3.99. The van der Waals surface area contributed by atoms with Crippen LogP contribution in [0.3, 0.4) is 0 Å². The first-order chi connectivity index (χ1) is 18.2. The van der Waals surface area contributed by atoms with Crippen LogP contribution in [0.4, 0.5) is 10.1 Å². The van der Waals surface area contributed by atoms with Crippen molar-refractivity contribution in [3.8, 4) is 11.1 Å². The maximum atomic E-state index is 14.4. The Morgan fingerprint density at radius 1 is 1.11 bits per heavy atom. The van der Waals surface area contributed by atoms with Crippen LogP contribution in [-0.2, 0) is 16.1 Å². The minimum absolute atomic E-state index is 0.0912. The molecule has 4 aromatic rings. The number of hydrogen-bond donors (Lipinski definition) is 1. The number of nitrogens with one attached hydrogen (secondary N) is 1. The standard InChI is InChI=1S/C27H24BrFN6O3/c1-15(36)26-22-8-17(18-11-30-16(2)31-12-18)6-7-23(22)35(33-26)14-25(37)34-13-20(29)10-24(34)27(38)32-21-5-3-4-19(28)9-21/h3-9,11-12,20,24H,10,13-14H2,1-2H3,(H,32,38)/t20-,24+/m1/s1. The number of rotatable bonds is 6. The number of alkyl halides is 1. The predicted octanol–water partition coefficient (Wildman–Crippen LogP) is 4.34. The van der Waals surface area contributed by atoms with Crippen molar-refractivity contribution in [2.45, 2.75) is 39.0 Å². The van der Waals surface area contributed by atoms with Crippen LogP contribution in [0.25, 0.3) is 22.0 Å². The highest BCUT2D eigenvalue weighted by Crippen LogP contribution is 2.28. The van der Waals surface area contributed by atoms with Crippen LogP contribution in [-0.4, -0.2) is 61.0 Å². The number of aryl methyl sites for hydroxylation is 1. The summed E-state index contributed by atoms with van der Waals surface area (Å²) in [5.41, 5.74) is 2.91. The number of nitrogens with zero attached hydrogens (tertiary/aromatic N) is 5. The molecule has 1 saturated heterocycles. The number of carbonyl (C=O) groups is 3. The van der Waals surface area contributed by atoms with Crippen LogP contribution in [0.1, 0.15) is 29.7 Å². The van der Waals surface area contributed by atoms with Gasteiger partial charge in [-0.2, -0.15) is 5.10 Å². The molecule has 2 aromatic heterocycles. The number of Topliss-reactive ketones (excluding diaryl/α,β-unsaturated/α-hetero) is 1. The molecule has 0 unspecified atom stereocenters. The minimum Gasteiger partial charge on any atom is -0.326 e. The second kappa shape index (κ2) is 10.4. The van der Waals surface area contributed by atoms with Gasteiger partial charge in [0.15, 0.2) is 5.78 Å². The number of likely N-dealkylation sites (tertiary alicyclic amines) is 1. The van der Waals surface area contributed by atoms with Crippen molar-refractivity contribution in [2.75, 3.05) is 11.9 Å². The van der Waals surface area contributed by atoms with Gasteiger partial charge in [-0.1, -0.05) is 28.1 Å². The third-order valence-corrected chi connectivity index (χ3v) is 6.94. The van der Waals surface area contributed by atoms with Crippen LogP contribution in [0.15, 0.2) is 59.3 Å². The Labute approximate surface area is 226 Å². The van der Waals surface area contributed by atoms with E-state index in [1.54, 1.807) is 43.6 Å². The number of carbonyl (C=O) groups excluding carboxylic acids is 3. The average molecular weight is 579 g/mol. The van der Waals surface area contributed by atoms with Gasteiger partial charge in [-0.05, 0) is 42.8 Å². The molecule has 1 aliphatic heterocycles. The monoisotopic (exact) mass is 578 g/mol. The van der Waals surface area contributed by atoms with E-state index in [1.807, 2.05) is 18.2 Å². The molecule has 1 fully saturated rings. The van der Waals surface area contributed by atoms with Gasteiger partial charge in [0.25, 0.3) is 0 Å². The van der Waals surface area contributed by atoms with Gasteiger partial charge in [0.1, 0.15) is 30.3 Å². The number of aromatic nitrogens is 4. The lowest BCUT2D eigenvalue weighted by Crippen LogP contribution is -2.44. The lowest BCUT2D eigenvalue weighted by Gasteiger charge is -2.23. The maximum absolute atomic E-state index is 14.4. The van der Waals surface area contributed by atoms with Gasteiger partial charge >= 0.3 is 0 Å². The summed E-state index contributed by atoms with van der Waals surface area (Å²) in [6.45, 7) is 2.77. The number of hydrogen-bond acceptors (Lipinski definition) is 6. The molecule has 194 valence electrons. The summed E-state index contributed by atoms with van der Waals surface area (Å²) >= 11 is 3.35. The number of fused-ring (bicyclic) bond motifs is 1. The average Bonchev–Trinajstić information content (AvgIpc) is 3.45. The molecule has 5 rings (SSSR count). The van der Waals surface area contributed by atoms with Crippen molar-refractivity contribution in [3.05, 3.63) is 70.8 Å². The molecule has 2 amide bonds. The zero-order chi connectivity index (χ0) is 27.0. The summed E-state index contributed by atoms with van der Waals surface area (Å²) in [7, 11) is 0. The van der Waals surface area contributed by atoms with E-state index in [0.717, 1.165) is 15.6 Å². The molecule has 0 saturated carbocycles. The van der Waals surface area contributed by atoms with Crippen LogP contribution >= 0.6 is 15.9 Å². The molecule has 0 radical (unpaired) electrons. The van der Waals surface area contributed by atoms with E-state index in [4.69, 9.17) is 0 Å². The van der Waals surface area contributed by atoms with Gasteiger partial charge in [0, 0.05) is 46.8 Å². The van der Waals surface area contributed by atoms with E-state index in [9.17, 15) is 18.8 Å². The van der Waals surface area contributed by atoms with Crippen molar-refractivity contribution in [1.82, 2.24) is 24.6 Å². The van der Waals surface area contributed by atoms with E-state index in [0.29, 0.717) is 22.4 Å². The highest BCUT2D eigenvalue weighted by atomic mass is 79.9. The number of benzene rings is 2. The van der Waals surface area contributed by atoms with E-state index in [1.165, 1.54) is 16.5 Å². The molecule has 2 aromatic carbocycles. The Morgan fingerprint density at radius 3 is 2.58 bits per heavy atom.